The Balaban J connectivity index is 2.35. The molecule has 102 valence electrons. The van der Waals surface area contributed by atoms with E-state index in [0.717, 1.165) is 29.5 Å². The highest BCUT2D eigenvalue weighted by atomic mass is 79.9. The maximum absolute atomic E-state index is 4.40. The van der Waals surface area contributed by atoms with E-state index in [2.05, 4.69) is 73.1 Å². The maximum atomic E-state index is 4.40. The van der Waals surface area contributed by atoms with Crippen LogP contribution in [0.25, 0.3) is 0 Å². The molecule has 0 aliphatic rings. The van der Waals surface area contributed by atoms with Crippen molar-refractivity contribution in [1.82, 2.24) is 14.8 Å². The van der Waals surface area contributed by atoms with Gasteiger partial charge >= 0.3 is 0 Å². The minimum Gasteiger partial charge on any atom is -0.250 e. The summed E-state index contributed by atoms with van der Waals surface area (Å²) in [5.74, 6) is 1.03. The number of rotatable bonds is 6. The van der Waals surface area contributed by atoms with Gasteiger partial charge in [0.1, 0.15) is 12.2 Å². The first-order valence-electron chi connectivity index (χ1n) is 6.30. The summed E-state index contributed by atoms with van der Waals surface area (Å²) < 4.78 is 1.96. The van der Waals surface area contributed by atoms with Crippen molar-refractivity contribution in [1.29, 1.82) is 0 Å². The SMILES string of the molecule is CCn1ncnc1CC(CBr)(CBr)c1ccccc1. The average Bonchev–Trinajstić information content (AvgIpc) is 2.93. The van der Waals surface area contributed by atoms with Gasteiger partial charge < -0.3 is 0 Å². The van der Waals surface area contributed by atoms with Crippen molar-refractivity contribution in [3.05, 3.63) is 48.0 Å². The third kappa shape index (κ3) is 3.08. The van der Waals surface area contributed by atoms with Crippen LogP contribution in [0.4, 0.5) is 0 Å². The van der Waals surface area contributed by atoms with Gasteiger partial charge in [-0.15, -0.1) is 0 Å². The third-order valence-electron chi connectivity index (χ3n) is 3.39. The third-order valence-corrected chi connectivity index (χ3v) is 5.54. The normalized spacial score (nSPS) is 11.7. The van der Waals surface area contributed by atoms with E-state index < -0.39 is 0 Å². The topological polar surface area (TPSA) is 30.7 Å². The Morgan fingerprint density at radius 3 is 2.42 bits per heavy atom. The van der Waals surface area contributed by atoms with Crippen LogP contribution in [0.1, 0.15) is 18.3 Å². The number of benzene rings is 1. The van der Waals surface area contributed by atoms with Crippen molar-refractivity contribution >= 4 is 31.9 Å². The molecule has 0 fully saturated rings. The monoisotopic (exact) mass is 385 g/mol. The number of hydrogen-bond donors (Lipinski definition) is 0. The Bertz CT molecular complexity index is 506. The van der Waals surface area contributed by atoms with Crippen LogP contribution in [0.3, 0.4) is 0 Å². The molecule has 0 unspecified atom stereocenters. The summed E-state index contributed by atoms with van der Waals surface area (Å²) in [6.45, 7) is 2.94. The van der Waals surface area contributed by atoms with E-state index in [1.54, 1.807) is 6.33 Å². The summed E-state index contributed by atoms with van der Waals surface area (Å²) in [6, 6.07) is 10.6. The van der Waals surface area contributed by atoms with Crippen LogP contribution < -0.4 is 0 Å². The zero-order valence-electron chi connectivity index (χ0n) is 10.9. The summed E-state index contributed by atoms with van der Waals surface area (Å²) in [5, 5.41) is 6.02. The van der Waals surface area contributed by atoms with Crippen molar-refractivity contribution < 1.29 is 0 Å². The number of nitrogens with zero attached hydrogens (tertiary/aromatic N) is 3. The number of hydrogen-bond acceptors (Lipinski definition) is 2. The van der Waals surface area contributed by atoms with Gasteiger partial charge in [0.15, 0.2) is 0 Å². The van der Waals surface area contributed by atoms with Crippen LogP contribution >= 0.6 is 31.9 Å². The Labute approximate surface area is 130 Å². The lowest BCUT2D eigenvalue weighted by molar-refractivity contribution is 0.500. The summed E-state index contributed by atoms with van der Waals surface area (Å²) in [5.41, 5.74) is 1.32. The van der Waals surface area contributed by atoms with Gasteiger partial charge in [-0.3, -0.25) is 4.68 Å². The average molecular weight is 387 g/mol. The zero-order valence-corrected chi connectivity index (χ0v) is 14.1. The molecule has 1 aromatic carbocycles. The second kappa shape index (κ2) is 6.66. The molecular weight excluding hydrogens is 370 g/mol. The van der Waals surface area contributed by atoms with E-state index in [1.807, 2.05) is 10.7 Å². The van der Waals surface area contributed by atoms with E-state index in [4.69, 9.17) is 0 Å². The molecule has 0 N–H and O–H groups in total. The lowest BCUT2D eigenvalue weighted by Crippen LogP contribution is -2.34. The van der Waals surface area contributed by atoms with Gasteiger partial charge in [-0.1, -0.05) is 62.2 Å². The Kier molecular flexibility index (Phi) is 5.16. The first-order valence-corrected chi connectivity index (χ1v) is 8.54. The second-order valence-corrected chi connectivity index (χ2v) is 5.70. The van der Waals surface area contributed by atoms with Crippen LogP contribution in [0.2, 0.25) is 0 Å². The zero-order chi connectivity index (χ0) is 13.7. The summed E-state index contributed by atoms with van der Waals surface area (Å²) in [7, 11) is 0. The molecule has 0 saturated heterocycles. The second-order valence-electron chi connectivity index (χ2n) is 4.58. The molecule has 0 atom stereocenters. The van der Waals surface area contributed by atoms with Crippen molar-refractivity contribution in [2.24, 2.45) is 0 Å². The van der Waals surface area contributed by atoms with Crippen molar-refractivity contribution in [3.8, 4) is 0 Å². The van der Waals surface area contributed by atoms with E-state index in [-0.39, 0.29) is 5.41 Å². The summed E-state index contributed by atoms with van der Waals surface area (Å²) in [6.07, 6.45) is 2.50. The minimum atomic E-state index is 0.00120. The van der Waals surface area contributed by atoms with E-state index in [9.17, 15) is 0 Å². The summed E-state index contributed by atoms with van der Waals surface area (Å²) in [4.78, 5) is 4.40. The minimum absolute atomic E-state index is 0.00120. The molecule has 0 aliphatic heterocycles. The molecule has 3 nitrogen and oxygen atoms in total. The van der Waals surface area contributed by atoms with Crippen LogP contribution in [0, 0.1) is 0 Å². The fourth-order valence-electron chi connectivity index (χ4n) is 2.17. The van der Waals surface area contributed by atoms with E-state index >= 15 is 0 Å². The van der Waals surface area contributed by atoms with Gasteiger partial charge in [0.2, 0.25) is 0 Å². The molecule has 5 heteroatoms. The lowest BCUT2D eigenvalue weighted by Gasteiger charge is -2.30. The largest absolute Gasteiger partial charge is 0.250 e. The summed E-state index contributed by atoms with van der Waals surface area (Å²) >= 11 is 7.35. The fraction of sp³-hybridized carbons (Fsp3) is 0.429. The Hall–Kier alpha value is -0.680. The van der Waals surface area contributed by atoms with Gasteiger partial charge in [-0.25, -0.2) is 4.98 Å². The number of halogens is 2. The first kappa shape index (κ1) is 14.7. The van der Waals surface area contributed by atoms with Crippen molar-refractivity contribution in [2.75, 3.05) is 10.7 Å². The van der Waals surface area contributed by atoms with Crippen molar-refractivity contribution in [2.45, 2.75) is 25.3 Å². The van der Waals surface area contributed by atoms with Gasteiger partial charge in [-0.2, -0.15) is 5.10 Å². The number of alkyl halides is 2. The Morgan fingerprint density at radius 2 is 1.84 bits per heavy atom. The number of aromatic nitrogens is 3. The molecule has 2 aromatic rings. The highest BCUT2D eigenvalue weighted by molar-refractivity contribution is 9.09. The molecule has 0 aliphatic carbocycles. The predicted molar refractivity (Wildman–Crippen MR) is 85.1 cm³/mol. The molecule has 0 bridgehead atoms. The molecule has 2 rings (SSSR count). The fourth-order valence-corrected chi connectivity index (χ4v) is 4.14. The molecular formula is C14H17Br2N3. The van der Waals surface area contributed by atoms with E-state index in [0.29, 0.717) is 0 Å². The molecule has 19 heavy (non-hydrogen) atoms. The Morgan fingerprint density at radius 1 is 1.16 bits per heavy atom. The molecule has 0 spiro atoms. The van der Waals surface area contributed by atoms with Gasteiger partial charge in [0, 0.05) is 29.0 Å². The van der Waals surface area contributed by atoms with Crippen LogP contribution in [-0.2, 0) is 18.4 Å². The highest BCUT2D eigenvalue weighted by Crippen LogP contribution is 2.32. The van der Waals surface area contributed by atoms with E-state index in [1.165, 1.54) is 5.56 Å². The molecule has 1 aromatic heterocycles. The van der Waals surface area contributed by atoms with Gasteiger partial charge in [0.25, 0.3) is 0 Å². The standard InChI is InChI=1S/C14H17Br2N3/c1-2-19-13(17-11-18-19)8-14(9-15,10-16)12-6-4-3-5-7-12/h3-7,11H,2,8-10H2,1H3. The quantitative estimate of drug-likeness (QED) is 0.710. The van der Waals surface area contributed by atoms with Crippen LogP contribution in [-0.4, -0.2) is 25.4 Å². The smallest absolute Gasteiger partial charge is 0.138 e. The van der Waals surface area contributed by atoms with Crippen LogP contribution in [0.15, 0.2) is 36.7 Å². The molecule has 0 radical (unpaired) electrons. The lowest BCUT2D eigenvalue weighted by atomic mass is 9.81. The van der Waals surface area contributed by atoms with Crippen LogP contribution in [0.5, 0.6) is 0 Å². The number of aryl methyl sites for hydroxylation is 1. The molecule has 0 saturated carbocycles. The first-order chi connectivity index (χ1) is 9.25. The van der Waals surface area contributed by atoms with Crippen molar-refractivity contribution in [3.63, 3.8) is 0 Å². The maximum Gasteiger partial charge on any atom is 0.138 e. The predicted octanol–water partition coefficient (Wildman–Crippen LogP) is 3.57. The van der Waals surface area contributed by atoms with Gasteiger partial charge in [-0.05, 0) is 12.5 Å². The highest BCUT2D eigenvalue weighted by Gasteiger charge is 2.32. The molecule has 0 amide bonds. The van der Waals surface area contributed by atoms with Gasteiger partial charge in [0.05, 0.1) is 0 Å². The molecule has 1 heterocycles.